The van der Waals surface area contributed by atoms with E-state index in [-0.39, 0.29) is 16.5 Å². The van der Waals surface area contributed by atoms with E-state index in [1.54, 1.807) is 91.0 Å². The Balaban J connectivity index is 0.000000202. The summed E-state index contributed by atoms with van der Waals surface area (Å²) in [6.45, 7) is 23.3. The molecule has 4 aromatic heterocycles. The predicted molar refractivity (Wildman–Crippen MR) is 334 cm³/mol. The fraction of sp³-hybridized carbons (Fsp3) is 0.281. The van der Waals surface area contributed by atoms with Gasteiger partial charge in [-0.3, -0.25) is 9.59 Å². The number of hydrogen-bond donors (Lipinski definition) is 0. The third-order valence-electron chi connectivity index (χ3n) is 15.0. The van der Waals surface area contributed by atoms with Gasteiger partial charge in [-0.15, -0.1) is 0 Å². The van der Waals surface area contributed by atoms with E-state index in [2.05, 4.69) is 51.4 Å². The fourth-order valence-corrected chi connectivity index (χ4v) is 14.5. The molecule has 0 bridgehead atoms. The van der Waals surface area contributed by atoms with Crippen molar-refractivity contribution in [2.45, 2.75) is 115 Å². The van der Waals surface area contributed by atoms with E-state index in [9.17, 15) is 36.9 Å². The van der Waals surface area contributed by atoms with Gasteiger partial charge >= 0.3 is 0 Å². The molecule has 432 valence electrons. The second-order valence-electron chi connectivity index (χ2n) is 23.7. The van der Waals surface area contributed by atoms with Crippen molar-refractivity contribution in [3.63, 3.8) is 0 Å². The van der Waals surface area contributed by atoms with Crippen molar-refractivity contribution in [1.29, 1.82) is 10.5 Å². The third-order valence-corrected chi connectivity index (χ3v) is 21.8. The quantitative estimate of drug-likeness (QED) is 0.0396. The SMILES string of the molecule is Cc1ccc(S(=O)(=O)n2ccc3c(Cc4nc5cc(C#N)ccc5n4COCC[Si](C)(C)C)c(C)cc(C=O)c32)cc1.Cc1ccc(S(=O)(=O)n2ccc3c(Cc4nc5ccc(C#N)cc5n4COCC[Si](C)(C)C)c(C)cc(C=O)c32)cc1. The summed E-state index contributed by atoms with van der Waals surface area (Å²) in [4.78, 5) is 34.5. The largest absolute Gasteiger partial charge is 0.361 e. The van der Waals surface area contributed by atoms with Crippen LogP contribution in [0.4, 0.5) is 0 Å². The number of aromatic nitrogens is 6. The number of imidazole rings is 2. The zero-order valence-electron chi connectivity index (χ0n) is 49.0. The summed E-state index contributed by atoms with van der Waals surface area (Å²) in [5.74, 6) is 1.45. The topological polar surface area (TPSA) is 214 Å². The van der Waals surface area contributed by atoms with Crippen LogP contribution in [-0.2, 0) is 55.8 Å². The summed E-state index contributed by atoms with van der Waals surface area (Å²) < 4.78 is 73.4. The molecule has 0 amide bonds. The smallest absolute Gasteiger partial charge is 0.268 e. The molecule has 0 unspecified atom stereocenters. The zero-order valence-corrected chi connectivity index (χ0v) is 52.7. The monoisotopic (exact) mass is 1200 g/mol. The molecule has 84 heavy (non-hydrogen) atoms. The van der Waals surface area contributed by atoms with Crippen LogP contribution in [0.5, 0.6) is 0 Å². The summed E-state index contributed by atoms with van der Waals surface area (Å²) in [5, 5.41) is 20.3. The summed E-state index contributed by atoms with van der Waals surface area (Å²) >= 11 is 0. The van der Waals surface area contributed by atoms with Gasteiger partial charge in [-0.25, -0.2) is 34.7 Å². The summed E-state index contributed by atoms with van der Waals surface area (Å²) in [7, 11) is -10.5. The van der Waals surface area contributed by atoms with Crippen LogP contribution in [0.3, 0.4) is 0 Å². The Morgan fingerprint density at radius 1 is 0.524 bits per heavy atom. The molecule has 0 fully saturated rings. The number of aldehydes is 2. The van der Waals surface area contributed by atoms with Gasteiger partial charge in [0, 0.05) is 76.5 Å². The van der Waals surface area contributed by atoms with E-state index < -0.39 is 36.2 Å². The molecule has 0 aliphatic carbocycles. The molecule has 0 spiro atoms. The molecule has 0 saturated carbocycles. The van der Waals surface area contributed by atoms with Crippen LogP contribution >= 0.6 is 0 Å². The highest BCUT2D eigenvalue weighted by Crippen LogP contribution is 2.35. The molecule has 0 N–H and O–H groups in total. The van der Waals surface area contributed by atoms with E-state index in [1.807, 2.05) is 55.0 Å². The van der Waals surface area contributed by atoms with Crippen LogP contribution < -0.4 is 0 Å². The number of rotatable bonds is 20. The number of nitriles is 2. The lowest BCUT2D eigenvalue weighted by Gasteiger charge is -2.17. The van der Waals surface area contributed by atoms with Gasteiger partial charge in [0.25, 0.3) is 20.0 Å². The molecule has 0 atom stereocenters. The first-order valence-electron chi connectivity index (χ1n) is 27.6. The molecule has 20 heteroatoms. The third kappa shape index (κ3) is 12.7. The Kier molecular flexibility index (Phi) is 17.5. The van der Waals surface area contributed by atoms with Gasteiger partial charge in [0.2, 0.25) is 0 Å². The van der Waals surface area contributed by atoms with Gasteiger partial charge in [0.1, 0.15) is 25.1 Å². The minimum absolute atomic E-state index is 0.148. The van der Waals surface area contributed by atoms with Crippen molar-refractivity contribution in [3.8, 4) is 12.1 Å². The highest BCUT2D eigenvalue weighted by atomic mass is 32.2. The van der Waals surface area contributed by atoms with Gasteiger partial charge in [0.05, 0.1) is 66.2 Å². The number of carbonyl (C=O) groups is 2. The van der Waals surface area contributed by atoms with Crippen molar-refractivity contribution in [1.82, 2.24) is 27.0 Å². The number of benzene rings is 6. The molecular formula is C64H68N8O8S2Si2. The lowest BCUT2D eigenvalue weighted by Crippen LogP contribution is -2.22. The van der Waals surface area contributed by atoms with Gasteiger partial charge in [-0.1, -0.05) is 74.7 Å². The van der Waals surface area contributed by atoms with E-state index in [4.69, 9.17) is 19.4 Å². The summed E-state index contributed by atoms with van der Waals surface area (Å²) in [5.41, 5.74) is 10.8. The number of ether oxygens (including phenoxy) is 2. The zero-order chi connectivity index (χ0) is 60.5. The van der Waals surface area contributed by atoms with Gasteiger partial charge in [-0.05, 0) is 147 Å². The van der Waals surface area contributed by atoms with Crippen LogP contribution in [0.2, 0.25) is 51.4 Å². The Morgan fingerprint density at radius 2 is 0.940 bits per heavy atom. The Morgan fingerprint density at radius 3 is 1.37 bits per heavy atom. The van der Waals surface area contributed by atoms with E-state index in [1.165, 1.54) is 20.3 Å². The van der Waals surface area contributed by atoms with Crippen LogP contribution in [-0.4, -0.2) is 85.8 Å². The normalized spacial score (nSPS) is 12.2. The second-order valence-corrected chi connectivity index (χ2v) is 38.6. The molecule has 0 aliphatic heterocycles. The van der Waals surface area contributed by atoms with Crippen molar-refractivity contribution >= 4 is 92.6 Å². The van der Waals surface area contributed by atoms with E-state index >= 15 is 0 Å². The first-order chi connectivity index (χ1) is 39.8. The van der Waals surface area contributed by atoms with E-state index in [0.29, 0.717) is 94.9 Å². The number of aryl methyl sites for hydroxylation is 4. The minimum Gasteiger partial charge on any atom is -0.361 e. The summed E-state index contributed by atoms with van der Waals surface area (Å²) in [6, 6.07) is 37.5. The van der Waals surface area contributed by atoms with Crippen molar-refractivity contribution in [2.24, 2.45) is 0 Å². The molecule has 0 radical (unpaired) electrons. The lowest BCUT2D eigenvalue weighted by molar-refractivity contribution is 0.0880. The highest BCUT2D eigenvalue weighted by molar-refractivity contribution is 7.90. The number of hydrogen-bond acceptors (Lipinski definition) is 12. The average molecular weight is 1200 g/mol. The Hall–Kier alpha value is -8.09. The lowest BCUT2D eigenvalue weighted by atomic mass is 9.97. The van der Waals surface area contributed by atoms with Crippen LogP contribution in [0.15, 0.2) is 131 Å². The predicted octanol–water partition coefficient (Wildman–Crippen LogP) is 12.9. The Labute approximate surface area is 492 Å². The molecule has 0 saturated heterocycles. The maximum absolute atomic E-state index is 13.7. The molecule has 6 aromatic carbocycles. The molecule has 16 nitrogen and oxygen atoms in total. The second kappa shape index (κ2) is 24.2. The first kappa shape index (κ1) is 60.5. The molecule has 0 aliphatic rings. The minimum atomic E-state index is -3.95. The number of fused-ring (bicyclic) bond motifs is 4. The molecule has 10 rings (SSSR count). The Bertz CT molecular complexity index is 4320. The number of carbonyl (C=O) groups excluding carboxylic acids is 2. The standard InChI is InChI=1S/2C32H34N4O4SSi/c1-22-6-9-26(10-7-22)41(38,39)36-13-12-27-28(23(2)16-25(20-37)32(27)36)18-31-34-29-17-24(19-33)8-11-30(29)35(31)21-40-14-15-42(3,4)5;1-22-6-9-26(10-7-22)41(38,39)36-13-12-27-28(23(2)16-25(20-37)32(27)36)18-31-34-29-11-8-24(19-33)17-30(29)35(31)21-40-14-15-42(3,4)5/h2*6-13,16-17,20H,14-15,18,21H2,1-5H3. The maximum Gasteiger partial charge on any atom is 0.268 e. The van der Waals surface area contributed by atoms with E-state index in [0.717, 1.165) is 73.7 Å². The van der Waals surface area contributed by atoms with Crippen LogP contribution in [0.25, 0.3) is 43.9 Å². The van der Waals surface area contributed by atoms with Crippen molar-refractivity contribution < 1.29 is 35.9 Å². The van der Waals surface area contributed by atoms with Crippen LogP contribution in [0.1, 0.15) is 76.9 Å². The fourth-order valence-electron chi connectivity index (χ4n) is 10.2. The van der Waals surface area contributed by atoms with Crippen LogP contribution in [0, 0.1) is 50.4 Å². The molecule has 4 heterocycles. The highest BCUT2D eigenvalue weighted by Gasteiger charge is 2.27. The van der Waals surface area contributed by atoms with Crippen molar-refractivity contribution in [3.05, 3.63) is 189 Å². The van der Waals surface area contributed by atoms with Gasteiger partial charge in [0.15, 0.2) is 12.6 Å². The van der Waals surface area contributed by atoms with Gasteiger partial charge < -0.3 is 18.6 Å². The maximum atomic E-state index is 13.7. The average Bonchev–Trinajstić information content (AvgIpc) is 2.00. The molecular weight excluding hydrogens is 1130 g/mol. The van der Waals surface area contributed by atoms with Gasteiger partial charge in [-0.2, -0.15) is 10.5 Å². The molecule has 10 aromatic rings. The van der Waals surface area contributed by atoms with Crippen molar-refractivity contribution in [2.75, 3.05) is 13.2 Å². The first-order valence-corrected chi connectivity index (χ1v) is 37.9. The summed E-state index contributed by atoms with van der Waals surface area (Å²) in [6.07, 6.45) is 5.18. The number of nitrogens with zero attached hydrogens (tertiary/aromatic N) is 8.